The zero-order chi connectivity index (χ0) is 21.1. The van der Waals surface area contributed by atoms with Crippen molar-refractivity contribution in [3.8, 4) is 0 Å². The summed E-state index contributed by atoms with van der Waals surface area (Å²) in [5.74, 6) is 0.427. The van der Waals surface area contributed by atoms with Gasteiger partial charge in [-0.3, -0.25) is 0 Å². The molecule has 1 aliphatic rings. The minimum Gasteiger partial charge on any atom is -0.444 e. The second-order valence-electron chi connectivity index (χ2n) is 10.2. The normalized spacial score (nSPS) is 25.2. The van der Waals surface area contributed by atoms with Crippen LogP contribution in [0, 0.1) is 5.92 Å². The van der Waals surface area contributed by atoms with Crippen LogP contribution >= 0.6 is 0 Å². The maximum Gasteiger partial charge on any atom is 0.408 e. The summed E-state index contributed by atoms with van der Waals surface area (Å²) in [6, 6.07) is 0. The topological polar surface area (TPSA) is 106 Å². The highest BCUT2D eigenvalue weighted by Crippen LogP contribution is 2.38. The molecule has 0 spiro atoms. The minimum atomic E-state index is -1.78. The van der Waals surface area contributed by atoms with E-state index in [1.807, 2.05) is 0 Å². The number of amides is 1. The Morgan fingerprint density at radius 2 is 1.74 bits per heavy atom. The Balaban J connectivity index is 2.73. The van der Waals surface area contributed by atoms with Crippen molar-refractivity contribution in [3.05, 3.63) is 0 Å². The van der Waals surface area contributed by atoms with Gasteiger partial charge in [0.05, 0.1) is 0 Å². The zero-order valence-electron chi connectivity index (χ0n) is 18.3. The van der Waals surface area contributed by atoms with E-state index < -0.39 is 25.6 Å². The van der Waals surface area contributed by atoms with Crippen LogP contribution in [0.15, 0.2) is 5.16 Å². The fraction of sp³-hybridized carbons (Fsp3) is 0.895. The van der Waals surface area contributed by atoms with Crippen molar-refractivity contribution in [2.75, 3.05) is 6.61 Å². The van der Waals surface area contributed by atoms with Crippen LogP contribution in [0.4, 0.5) is 4.79 Å². The Morgan fingerprint density at radius 3 is 2.15 bits per heavy atom. The lowest BCUT2D eigenvalue weighted by Gasteiger charge is -2.42. The van der Waals surface area contributed by atoms with Crippen molar-refractivity contribution in [1.29, 1.82) is 0 Å². The van der Waals surface area contributed by atoms with Crippen LogP contribution in [-0.2, 0) is 9.16 Å². The third-order valence-corrected chi connectivity index (χ3v) is 10.3. The Hall–Kier alpha value is -1.28. The summed E-state index contributed by atoms with van der Waals surface area (Å²) in [5, 5.41) is 15.4. The van der Waals surface area contributed by atoms with Crippen molar-refractivity contribution < 1.29 is 19.2 Å². The number of alkyl carbamates (subject to hydrolysis) is 1. The monoisotopic (exact) mass is 401 g/mol. The second kappa shape index (κ2) is 8.39. The van der Waals surface area contributed by atoms with Gasteiger partial charge in [-0.05, 0) is 70.5 Å². The van der Waals surface area contributed by atoms with Crippen molar-refractivity contribution >= 4 is 20.2 Å². The maximum absolute atomic E-state index is 12.3. The highest BCUT2D eigenvalue weighted by atomic mass is 28.4. The fourth-order valence-electron chi connectivity index (χ4n) is 2.92. The summed E-state index contributed by atoms with van der Waals surface area (Å²) in [7, 11) is -1.78. The highest BCUT2D eigenvalue weighted by Gasteiger charge is 2.43. The third-order valence-electron chi connectivity index (χ3n) is 5.78. The SMILES string of the molecule is CC(C)(C)OC(=O)NC1(C(N)=NO)CCC(CO[Si](C)(C)C(C)(C)C)CC1. The summed E-state index contributed by atoms with van der Waals surface area (Å²) in [6.07, 6.45) is 2.30. The predicted molar refractivity (Wildman–Crippen MR) is 111 cm³/mol. The average molecular weight is 402 g/mol. The van der Waals surface area contributed by atoms with Gasteiger partial charge in [-0.1, -0.05) is 25.9 Å². The summed E-state index contributed by atoms with van der Waals surface area (Å²) in [6.45, 7) is 17.3. The van der Waals surface area contributed by atoms with Gasteiger partial charge in [0.2, 0.25) is 0 Å². The third kappa shape index (κ3) is 6.67. The molecule has 1 amide bonds. The molecule has 27 heavy (non-hydrogen) atoms. The molecule has 0 atom stereocenters. The molecule has 4 N–H and O–H groups in total. The van der Waals surface area contributed by atoms with Crippen LogP contribution in [0.5, 0.6) is 0 Å². The number of carbonyl (C=O) groups is 1. The number of nitrogens with zero attached hydrogens (tertiary/aromatic N) is 1. The predicted octanol–water partition coefficient (Wildman–Crippen LogP) is 4.21. The number of amidine groups is 1. The highest BCUT2D eigenvalue weighted by molar-refractivity contribution is 6.74. The number of nitrogens with two attached hydrogens (primary N) is 1. The van der Waals surface area contributed by atoms with Crippen molar-refractivity contribution in [1.82, 2.24) is 5.32 Å². The first-order chi connectivity index (χ1) is 12.1. The molecule has 158 valence electrons. The van der Waals surface area contributed by atoms with Gasteiger partial charge >= 0.3 is 6.09 Å². The quantitative estimate of drug-likeness (QED) is 0.210. The van der Waals surface area contributed by atoms with E-state index in [1.54, 1.807) is 20.8 Å². The van der Waals surface area contributed by atoms with Gasteiger partial charge in [0.1, 0.15) is 11.1 Å². The van der Waals surface area contributed by atoms with Gasteiger partial charge in [-0.2, -0.15) is 0 Å². The van der Waals surface area contributed by atoms with E-state index in [0.717, 1.165) is 19.4 Å². The molecule has 1 rings (SSSR count). The first-order valence-corrected chi connectivity index (χ1v) is 12.7. The molecular formula is C19H39N3O4Si. The summed E-state index contributed by atoms with van der Waals surface area (Å²) >= 11 is 0. The average Bonchev–Trinajstić information content (AvgIpc) is 2.50. The molecule has 0 bridgehead atoms. The van der Waals surface area contributed by atoms with E-state index >= 15 is 0 Å². The zero-order valence-corrected chi connectivity index (χ0v) is 19.3. The van der Waals surface area contributed by atoms with Crippen LogP contribution < -0.4 is 11.1 Å². The van der Waals surface area contributed by atoms with Gasteiger partial charge in [-0.15, -0.1) is 0 Å². The van der Waals surface area contributed by atoms with Crippen LogP contribution in [0.2, 0.25) is 18.1 Å². The fourth-order valence-corrected chi connectivity index (χ4v) is 4.00. The molecular weight excluding hydrogens is 362 g/mol. The van der Waals surface area contributed by atoms with Gasteiger partial charge in [0.15, 0.2) is 14.2 Å². The molecule has 0 heterocycles. The lowest BCUT2D eigenvalue weighted by atomic mass is 9.76. The number of oxime groups is 1. The molecule has 0 aliphatic heterocycles. The van der Waals surface area contributed by atoms with Crippen LogP contribution in [0.3, 0.4) is 0 Å². The Morgan fingerprint density at radius 1 is 1.22 bits per heavy atom. The van der Waals surface area contributed by atoms with E-state index in [4.69, 9.17) is 14.9 Å². The summed E-state index contributed by atoms with van der Waals surface area (Å²) in [5.41, 5.74) is 4.47. The molecule has 1 saturated carbocycles. The van der Waals surface area contributed by atoms with E-state index in [9.17, 15) is 10.0 Å². The molecule has 1 fully saturated rings. The van der Waals surface area contributed by atoms with E-state index in [0.29, 0.717) is 18.8 Å². The lowest BCUT2D eigenvalue weighted by Crippen LogP contribution is -2.60. The van der Waals surface area contributed by atoms with Crippen LogP contribution in [0.25, 0.3) is 0 Å². The molecule has 7 nitrogen and oxygen atoms in total. The second-order valence-corrected chi connectivity index (χ2v) is 15.0. The number of ether oxygens (including phenoxy) is 1. The minimum absolute atomic E-state index is 0.0251. The van der Waals surface area contributed by atoms with Gasteiger partial charge < -0.3 is 25.4 Å². The van der Waals surface area contributed by atoms with Crippen LogP contribution in [0.1, 0.15) is 67.2 Å². The first-order valence-electron chi connectivity index (χ1n) is 9.75. The molecule has 0 aromatic carbocycles. The smallest absolute Gasteiger partial charge is 0.408 e. The van der Waals surface area contributed by atoms with Crippen LogP contribution in [-0.4, -0.2) is 43.2 Å². The van der Waals surface area contributed by atoms with E-state index in [2.05, 4.69) is 44.3 Å². The Kier molecular flexibility index (Phi) is 7.38. The Labute approximate surface area is 165 Å². The molecule has 8 heteroatoms. The van der Waals surface area contributed by atoms with Gasteiger partial charge in [0, 0.05) is 6.61 Å². The molecule has 0 radical (unpaired) electrons. The van der Waals surface area contributed by atoms with Gasteiger partial charge in [0.25, 0.3) is 0 Å². The van der Waals surface area contributed by atoms with Crippen molar-refractivity contribution in [2.24, 2.45) is 16.8 Å². The largest absolute Gasteiger partial charge is 0.444 e. The van der Waals surface area contributed by atoms with Gasteiger partial charge in [-0.25, -0.2) is 4.79 Å². The molecule has 1 aliphatic carbocycles. The number of carbonyl (C=O) groups excluding carboxylic acids is 1. The maximum atomic E-state index is 12.3. The number of rotatable bonds is 5. The molecule has 0 aromatic rings. The summed E-state index contributed by atoms with van der Waals surface area (Å²) < 4.78 is 11.7. The van der Waals surface area contributed by atoms with E-state index in [1.165, 1.54) is 0 Å². The number of nitrogens with one attached hydrogen (secondary N) is 1. The molecule has 0 saturated heterocycles. The lowest BCUT2D eigenvalue weighted by molar-refractivity contribution is 0.0449. The Bertz CT molecular complexity index is 542. The van der Waals surface area contributed by atoms with Crippen molar-refractivity contribution in [3.63, 3.8) is 0 Å². The molecule has 0 aromatic heterocycles. The molecule has 0 unspecified atom stereocenters. The number of hydrogen-bond acceptors (Lipinski definition) is 5. The first kappa shape index (κ1) is 23.8. The van der Waals surface area contributed by atoms with Crippen molar-refractivity contribution in [2.45, 2.75) is 96.5 Å². The number of hydrogen-bond donors (Lipinski definition) is 3. The van der Waals surface area contributed by atoms with E-state index in [-0.39, 0.29) is 10.9 Å². The summed E-state index contributed by atoms with van der Waals surface area (Å²) in [4.78, 5) is 12.3. The standard InChI is InChI=1S/C19H39N3O4Si/c1-17(2,3)26-16(23)21-19(15(20)22-24)11-9-14(10-12-19)13-25-27(7,8)18(4,5)6/h14,24H,9-13H2,1-8H3,(H2,20,22)(H,21,23).